The van der Waals surface area contributed by atoms with Gasteiger partial charge >= 0.3 is 0 Å². The molecule has 1 aromatic rings. The maximum absolute atomic E-state index is 10.9. The van der Waals surface area contributed by atoms with Crippen LogP contribution >= 0.6 is 15.9 Å². The lowest BCUT2D eigenvalue weighted by atomic mass is 9.85. The Morgan fingerprint density at radius 1 is 1.47 bits per heavy atom. The number of hydrogen-bond acceptors (Lipinski definition) is 3. The minimum Gasteiger partial charge on any atom is -0.504 e. The molecule has 0 amide bonds. The van der Waals surface area contributed by atoms with E-state index in [0.29, 0.717) is 11.3 Å². The number of phenols is 1. The second-order valence-corrected chi connectivity index (χ2v) is 4.76. The molecule has 0 bridgehead atoms. The number of halogens is 1. The number of ether oxygens (including phenoxy) is 1. The van der Waals surface area contributed by atoms with E-state index in [1.54, 1.807) is 26.0 Å². The number of aromatic hydroxyl groups is 1. The summed E-state index contributed by atoms with van der Waals surface area (Å²) in [6.45, 7) is 3.47. The highest BCUT2D eigenvalue weighted by molar-refractivity contribution is 9.10. The molecule has 0 fully saturated rings. The van der Waals surface area contributed by atoms with Crippen LogP contribution in [0.25, 0.3) is 0 Å². The lowest BCUT2D eigenvalue weighted by Gasteiger charge is -2.20. The molecule has 0 unspecified atom stereocenters. The van der Waals surface area contributed by atoms with Gasteiger partial charge in [0.05, 0.1) is 7.11 Å². The van der Waals surface area contributed by atoms with Gasteiger partial charge in [0.2, 0.25) is 0 Å². The van der Waals surface area contributed by atoms with Gasteiger partial charge in [-0.05, 0) is 26.0 Å². The van der Waals surface area contributed by atoms with Gasteiger partial charge in [-0.1, -0.05) is 15.9 Å². The van der Waals surface area contributed by atoms with E-state index in [1.807, 2.05) is 0 Å². The normalized spacial score (nSPS) is 11.2. The van der Waals surface area contributed by atoms with Gasteiger partial charge in [-0.3, -0.25) is 0 Å². The quantitative estimate of drug-likeness (QED) is 0.861. The first-order valence-electron chi connectivity index (χ1n) is 4.45. The molecule has 0 saturated carbocycles. The van der Waals surface area contributed by atoms with Gasteiger partial charge < -0.3 is 14.6 Å². The Balaban J connectivity index is 3.41. The van der Waals surface area contributed by atoms with Crippen molar-refractivity contribution in [1.29, 1.82) is 0 Å². The Kier molecular flexibility index (Phi) is 3.39. The summed E-state index contributed by atoms with van der Waals surface area (Å²) >= 11 is 3.30. The van der Waals surface area contributed by atoms with Gasteiger partial charge in [-0.15, -0.1) is 0 Å². The predicted octanol–water partition coefficient (Wildman–Crippen LogP) is 2.64. The summed E-state index contributed by atoms with van der Waals surface area (Å²) in [7, 11) is 1.47. The van der Waals surface area contributed by atoms with E-state index < -0.39 is 5.41 Å². The summed E-state index contributed by atoms with van der Waals surface area (Å²) < 4.78 is 5.78. The number of methoxy groups -OCH3 is 1. The molecule has 1 aromatic carbocycles. The van der Waals surface area contributed by atoms with Gasteiger partial charge in [0.1, 0.15) is 6.29 Å². The summed E-state index contributed by atoms with van der Waals surface area (Å²) in [5.74, 6) is 0.368. The SMILES string of the molecule is COc1cc(Br)cc(C(C)(C)C=O)c1O. The standard InChI is InChI=1S/C11H13BrO3/c1-11(2,6-13)8-4-7(12)5-9(15-3)10(8)14/h4-6,14H,1-3H3. The maximum atomic E-state index is 10.9. The van der Waals surface area contributed by atoms with Crippen molar-refractivity contribution >= 4 is 22.2 Å². The third-order valence-corrected chi connectivity index (χ3v) is 2.71. The first-order valence-corrected chi connectivity index (χ1v) is 5.25. The van der Waals surface area contributed by atoms with Crippen LogP contribution in [0.5, 0.6) is 11.5 Å². The Bertz CT molecular complexity index is 386. The van der Waals surface area contributed by atoms with Crippen LogP contribution in [0, 0.1) is 0 Å². The van der Waals surface area contributed by atoms with Crippen LogP contribution in [-0.4, -0.2) is 18.5 Å². The molecule has 0 atom stereocenters. The second kappa shape index (κ2) is 4.23. The van der Waals surface area contributed by atoms with E-state index in [0.717, 1.165) is 10.8 Å². The van der Waals surface area contributed by atoms with Crippen molar-refractivity contribution in [1.82, 2.24) is 0 Å². The van der Waals surface area contributed by atoms with Crippen molar-refractivity contribution in [3.05, 3.63) is 22.2 Å². The molecule has 15 heavy (non-hydrogen) atoms. The van der Waals surface area contributed by atoms with Crippen molar-refractivity contribution in [2.75, 3.05) is 7.11 Å². The Morgan fingerprint density at radius 2 is 2.07 bits per heavy atom. The molecule has 82 valence electrons. The van der Waals surface area contributed by atoms with Gasteiger partial charge in [0.25, 0.3) is 0 Å². The molecule has 4 heteroatoms. The minimum atomic E-state index is -0.735. The zero-order valence-electron chi connectivity index (χ0n) is 8.87. The van der Waals surface area contributed by atoms with Crippen molar-refractivity contribution < 1.29 is 14.6 Å². The fourth-order valence-electron chi connectivity index (χ4n) is 1.28. The molecule has 0 aliphatic rings. The predicted molar refractivity (Wildman–Crippen MR) is 61.4 cm³/mol. The monoisotopic (exact) mass is 272 g/mol. The highest BCUT2D eigenvalue weighted by Crippen LogP contribution is 2.39. The molecular weight excluding hydrogens is 260 g/mol. The number of rotatable bonds is 3. The Morgan fingerprint density at radius 3 is 2.53 bits per heavy atom. The van der Waals surface area contributed by atoms with E-state index >= 15 is 0 Å². The molecule has 3 nitrogen and oxygen atoms in total. The van der Waals surface area contributed by atoms with Crippen LogP contribution in [0.1, 0.15) is 19.4 Å². The van der Waals surface area contributed by atoms with Crippen LogP contribution in [0.4, 0.5) is 0 Å². The Hall–Kier alpha value is -1.03. The van der Waals surface area contributed by atoms with Crippen LogP contribution in [0.15, 0.2) is 16.6 Å². The van der Waals surface area contributed by atoms with Crippen molar-refractivity contribution in [2.45, 2.75) is 19.3 Å². The third kappa shape index (κ3) is 2.31. The number of benzene rings is 1. The van der Waals surface area contributed by atoms with E-state index in [2.05, 4.69) is 15.9 Å². The topological polar surface area (TPSA) is 46.5 Å². The first kappa shape index (κ1) is 12.0. The van der Waals surface area contributed by atoms with Crippen LogP contribution in [-0.2, 0) is 10.2 Å². The number of aldehydes is 1. The number of phenolic OH excluding ortho intramolecular Hbond substituents is 1. The number of carbonyl (C=O) groups excluding carboxylic acids is 1. The van der Waals surface area contributed by atoms with Crippen LogP contribution < -0.4 is 4.74 Å². The molecule has 1 N–H and O–H groups in total. The fourth-order valence-corrected chi connectivity index (χ4v) is 1.72. The lowest BCUT2D eigenvalue weighted by molar-refractivity contribution is -0.111. The second-order valence-electron chi connectivity index (χ2n) is 3.84. The third-order valence-electron chi connectivity index (χ3n) is 2.25. The van der Waals surface area contributed by atoms with Crippen molar-refractivity contribution in [3.8, 4) is 11.5 Å². The molecular formula is C11H13BrO3. The summed E-state index contributed by atoms with van der Waals surface area (Å²) in [6, 6.07) is 3.37. The van der Waals surface area contributed by atoms with Gasteiger partial charge in [-0.25, -0.2) is 0 Å². The molecule has 0 heterocycles. The average molecular weight is 273 g/mol. The maximum Gasteiger partial charge on any atom is 0.161 e. The molecule has 1 rings (SSSR count). The van der Waals surface area contributed by atoms with Gasteiger partial charge in [-0.2, -0.15) is 0 Å². The van der Waals surface area contributed by atoms with Crippen molar-refractivity contribution in [3.63, 3.8) is 0 Å². The van der Waals surface area contributed by atoms with Crippen LogP contribution in [0.2, 0.25) is 0 Å². The van der Waals surface area contributed by atoms with Crippen LogP contribution in [0.3, 0.4) is 0 Å². The smallest absolute Gasteiger partial charge is 0.161 e. The van der Waals surface area contributed by atoms with E-state index in [4.69, 9.17) is 4.74 Å². The highest BCUT2D eigenvalue weighted by Gasteiger charge is 2.25. The zero-order chi connectivity index (χ0) is 11.6. The number of carbonyl (C=O) groups is 1. The van der Waals surface area contributed by atoms with E-state index in [-0.39, 0.29) is 5.75 Å². The summed E-state index contributed by atoms with van der Waals surface area (Å²) in [6.07, 6.45) is 0.800. The lowest BCUT2D eigenvalue weighted by Crippen LogP contribution is -2.19. The minimum absolute atomic E-state index is 0.0119. The molecule has 0 saturated heterocycles. The molecule has 0 spiro atoms. The molecule has 0 aliphatic carbocycles. The van der Waals surface area contributed by atoms with Gasteiger partial charge in [0, 0.05) is 15.5 Å². The molecule has 0 aliphatic heterocycles. The number of hydrogen-bond donors (Lipinski definition) is 1. The summed E-state index contributed by atoms with van der Waals surface area (Å²) in [5, 5.41) is 9.88. The largest absolute Gasteiger partial charge is 0.504 e. The first-order chi connectivity index (χ1) is 6.92. The summed E-state index contributed by atoms with van der Waals surface area (Å²) in [4.78, 5) is 10.9. The Labute approximate surface area is 97.2 Å². The average Bonchev–Trinajstić information content (AvgIpc) is 2.20. The summed E-state index contributed by atoms with van der Waals surface area (Å²) in [5.41, 5.74) is -0.190. The van der Waals surface area contributed by atoms with Crippen molar-refractivity contribution in [2.24, 2.45) is 0 Å². The molecule has 0 radical (unpaired) electrons. The van der Waals surface area contributed by atoms with E-state index in [1.165, 1.54) is 7.11 Å². The highest BCUT2D eigenvalue weighted by atomic mass is 79.9. The molecule has 0 aromatic heterocycles. The zero-order valence-corrected chi connectivity index (χ0v) is 10.5. The van der Waals surface area contributed by atoms with E-state index in [9.17, 15) is 9.90 Å². The fraction of sp³-hybridized carbons (Fsp3) is 0.364. The van der Waals surface area contributed by atoms with Gasteiger partial charge in [0.15, 0.2) is 11.5 Å².